The number of hydrogen-bond acceptors (Lipinski definition) is 6. The molecule has 4 N–H and O–H groups in total. The van der Waals surface area contributed by atoms with Crippen molar-refractivity contribution in [2.75, 3.05) is 77.8 Å². The Morgan fingerprint density at radius 3 is 1.13 bits per heavy atom. The molecule has 9 nitrogen and oxygen atoms in total. The number of likely N-dealkylation sites (N-methyl/N-ethyl adjacent to an activating group) is 1. The Morgan fingerprint density at radius 1 is 0.615 bits per heavy atom. The molecular formula is C42H59MgN7O2. The molecule has 0 saturated heterocycles. The predicted molar refractivity (Wildman–Crippen MR) is 222 cm³/mol. The van der Waals surface area contributed by atoms with E-state index in [9.17, 15) is 4.79 Å². The smallest absolute Gasteiger partial charge is 0.323 e. The number of carbonyl (C=O) groups is 1. The molecule has 0 radical (unpaired) electrons. The van der Waals surface area contributed by atoms with Gasteiger partial charge in [-0.1, -0.05) is 72.8 Å². The third kappa shape index (κ3) is 12.5. The lowest BCUT2D eigenvalue weighted by molar-refractivity contribution is -0.137. The molecular weight excluding hydrogens is 659 g/mol. The Hall–Kier alpha value is -4.09. The number of nitrogens with one attached hydrogen (secondary N) is 1. The van der Waals surface area contributed by atoms with E-state index in [0.29, 0.717) is 0 Å². The molecule has 6 rings (SSSR count). The largest absolute Gasteiger partial charge is 0.480 e. The predicted octanol–water partition coefficient (Wildman–Crippen LogP) is 5.73. The standard InChI is InChI=1S/2C19H24N2.C4H9N3O2.Mg.2H/c2*1-20(2)14-7-15-21-18-10-5-3-8-16(18)12-13-17-9-4-6-11-19(17)21;1-7(4(5)6)2-3(8)9;;;/h2*3-6,8-11H,7,12-15H2,1-2H3;2H2,1H3,(H3,5,6)(H,8,9);;;. The highest BCUT2D eigenvalue weighted by Crippen LogP contribution is 2.37. The summed E-state index contributed by atoms with van der Waals surface area (Å²) >= 11 is 0. The number of carboxylic acid groups (broad SMARTS) is 1. The Kier molecular flexibility index (Phi) is 17.4. The van der Waals surface area contributed by atoms with Gasteiger partial charge in [-0.15, -0.1) is 0 Å². The number of benzene rings is 4. The van der Waals surface area contributed by atoms with Gasteiger partial charge in [0.05, 0.1) is 0 Å². The summed E-state index contributed by atoms with van der Waals surface area (Å²) in [7, 11) is 10.0. The monoisotopic (exact) mass is 717 g/mol. The van der Waals surface area contributed by atoms with Gasteiger partial charge in [-0.05, 0) is 126 Å². The normalized spacial score (nSPS) is 12.6. The van der Waals surface area contributed by atoms with Crippen molar-refractivity contribution in [2.24, 2.45) is 5.73 Å². The molecule has 0 aromatic heterocycles. The number of anilines is 4. The zero-order valence-corrected chi connectivity index (χ0v) is 31.2. The van der Waals surface area contributed by atoms with Crippen LogP contribution in [0.4, 0.5) is 22.7 Å². The number of carboxylic acids is 1. The van der Waals surface area contributed by atoms with E-state index in [1.807, 2.05) is 0 Å². The first kappa shape index (κ1) is 42.3. The van der Waals surface area contributed by atoms with Crippen molar-refractivity contribution in [3.05, 3.63) is 119 Å². The molecule has 0 unspecified atom stereocenters. The summed E-state index contributed by atoms with van der Waals surface area (Å²) in [6.45, 7) is 4.18. The fraction of sp³-hybridized carbons (Fsp3) is 0.381. The maximum absolute atomic E-state index is 9.92. The van der Waals surface area contributed by atoms with E-state index in [4.69, 9.17) is 16.2 Å². The zero-order valence-electron chi connectivity index (χ0n) is 31.2. The molecule has 0 amide bonds. The van der Waals surface area contributed by atoms with Crippen LogP contribution in [0.1, 0.15) is 35.1 Å². The van der Waals surface area contributed by atoms with Gasteiger partial charge in [-0.3, -0.25) is 10.2 Å². The minimum absolute atomic E-state index is 0. The van der Waals surface area contributed by atoms with Gasteiger partial charge < -0.3 is 35.3 Å². The van der Waals surface area contributed by atoms with Crippen LogP contribution in [-0.2, 0) is 30.5 Å². The minimum atomic E-state index is -0.993. The summed E-state index contributed by atoms with van der Waals surface area (Å²) in [5.41, 5.74) is 16.4. The molecule has 0 aliphatic carbocycles. The van der Waals surface area contributed by atoms with E-state index in [-0.39, 0.29) is 35.6 Å². The first-order chi connectivity index (χ1) is 24.5. The first-order valence-electron chi connectivity index (χ1n) is 18.0. The van der Waals surface area contributed by atoms with Crippen LogP contribution in [0.25, 0.3) is 0 Å². The molecule has 4 aromatic rings. The molecule has 0 atom stereocenters. The number of rotatable bonds is 10. The summed E-state index contributed by atoms with van der Waals surface area (Å²) in [6.07, 6.45) is 6.90. The second-order valence-electron chi connectivity index (χ2n) is 13.8. The number of nitrogens with zero attached hydrogens (tertiary/aromatic N) is 5. The molecule has 10 heteroatoms. The molecule has 0 fully saturated rings. The van der Waals surface area contributed by atoms with E-state index < -0.39 is 5.97 Å². The maximum atomic E-state index is 9.92. The quantitative estimate of drug-likeness (QED) is 0.109. The SMILES string of the molecule is CN(C)CCCN1c2ccccc2CCc2ccccc21.CN(C)CCCN1c2ccccc2CCc2ccccc21.CN(CC(=O)O)C(=N)N.[MgH2]. The highest BCUT2D eigenvalue weighted by Gasteiger charge is 2.21. The van der Waals surface area contributed by atoms with Crippen molar-refractivity contribution < 1.29 is 9.90 Å². The molecule has 276 valence electrons. The second-order valence-corrected chi connectivity index (χ2v) is 13.8. The Bertz CT molecular complexity index is 1510. The third-order valence-electron chi connectivity index (χ3n) is 9.21. The summed E-state index contributed by atoms with van der Waals surface area (Å²) < 4.78 is 0. The molecule has 2 heterocycles. The highest BCUT2D eigenvalue weighted by atomic mass is 24.3. The van der Waals surface area contributed by atoms with Crippen LogP contribution in [-0.4, -0.2) is 123 Å². The van der Waals surface area contributed by atoms with Gasteiger partial charge in [0.1, 0.15) is 6.54 Å². The van der Waals surface area contributed by atoms with Crippen molar-refractivity contribution >= 4 is 57.7 Å². The van der Waals surface area contributed by atoms with Crippen molar-refractivity contribution in [2.45, 2.75) is 38.5 Å². The number of nitrogens with two attached hydrogens (primary N) is 1. The Balaban J connectivity index is 0.000000225. The molecule has 0 bridgehead atoms. The Labute approximate surface area is 327 Å². The fourth-order valence-electron chi connectivity index (χ4n) is 6.60. The van der Waals surface area contributed by atoms with Crippen LogP contribution in [0.2, 0.25) is 0 Å². The summed E-state index contributed by atoms with van der Waals surface area (Å²) in [5.74, 6) is -1.23. The van der Waals surface area contributed by atoms with Crippen LogP contribution in [0.15, 0.2) is 97.1 Å². The van der Waals surface area contributed by atoms with Crippen molar-refractivity contribution in [1.29, 1.82) is 5.41 Å². The van der Waals surface area contributed by atoms with Gasteiger partial charge in [0, 0.05) is 42.9 Å². The van der Waals surface area contributed by atoms with Crippen molar-refractivity contribution in [3.63, 3.8) is 0 Å². The summed E-state index contributed by atoms with van der Waals surface area (Å²) in [6, 6.07) is 35.5. The number of fused-ring (bicyclic) bond motifs is 4. The topological polar surface area (TPSA) is 103 Å². The number of aryl methyl sites for hydroxylation is 4. The maximum Gasteiger partial charge on any atom is 0.323 e. The number of para-hydroxylation sites is 4. The van der Waals surface area contributed by atoms with Gasteiger partial charge in [0.25, 0.3) is 0 Å². The van der Waals surface area contributed by atoms with Crippen LogP contribution >= 0.6 is 0 Å². The van der Waals surface area contributed by atoms with E-state index >= 15 is 0 Å². The van der Waals surface area contributed by atoms with Crippen LogP contribution < -0.4 is 15.5 Å². The molecule has 2 aliphatic rings. The van der Waals surface area contributed by atoms with Gasteiger partial charge in [0.2, 0.25) is 0 Å². The van der Waals surface area contributed by atoms with Gasteiger partial charge >= 0.3 is 29.0 Å². The first-order valence-corrected chi connectivity index (χ1v) is 18.0. The average molecular weight is 718 g/mol. The molecule has 0 saturated carbocycles. The van der Waals surface area contributed by atoms with Gasteiger partial charge in [-0.2, -0.15) is 0 Å². The average Bonchev–Trinajstić information content (AvgIpc) is 3.37. The lowest BCUT2D eigenvalue weighted by atomic mass is 10.0. The molecule has 0 spiro atoms. The number of hydrogen-bond donors (Lipinski definition) is 3. The van der Waals surface area contributed by atoms with E-state index in [2.05, 4.69) is 145 Å². The lowest BCUT2D eigenvalue weighted by Crippen LogP contribution is -2.36. The second kappa shape index (κ2) is 21.4. The molecule has 4 aromatic carbocycles. The Morgan fingerprint density at radius 2 is 0.904 bits per heavy atom. The van der Waals surface area contributed by atoms with Gasteiger partial charge in [-0.25, -0.2) is 0 Å². The van der Waals surface area contributed by atoms with E-state index in [1.54, 1.807) is 0 Å². The van der Waals surface area contributed by atoms with Crippen molar-refractivity contribution in [1.82, 2.24) is 14.7 Å². The molecule has 52 heavy (non-hydrogen) atoms. The zero-order chi connectivity index (χ0) is 36.8. The van der Waals surface area contributed by atoms with Crippen molar-refractivity contribution in [3.8, 4) is 0 Å². The molecule has 2 aliphatic heterocycles. The number of guanidine groups is 1. The van der Waals surface area contributed by atoms with E-state index in [0.717, 1.165) is 56.8 Å². The third-order valence-corrected chi connectivity index (χ3v) is 9.21. The van der Waals surface area contributed by atoms with Crippen LogP contribution in [0, 0.1) is 5.41 Å². The van der Waals surface area contributed by atoms with Gasteiger partial charge in [0.15, 0.2) is 5.96 Å². The number of aliphatic carboxylic acids is 1. The van der Waals surface area contributed by atoms with Crippen LogP contribution in [0.3, 0.4) is 0 Å². The fourth-order valence-corrected chi connectivity index (χ4v) is 6.60. The van der Waals surface area contributed by atoms with Crippen LogP contribution in [0.5, 0.6) is 0 Å². The summed E-state index contributed by atoms with van der Waals surface area (Å²) in [5, 5.41) is 14.9. The minimum Gasteiger partial charge on any atom is -0.480 e. The van der Waals surface area contributed by atoms with E-state index in [1.165, 1.54) is 64.9 Å². The summed E-state index contributed by atoms with van der Waals surface area (Å²) in [4.78, 5) is 20.6. The highest BCUT2D eigenvalue weighted by molar-refractivity contribution is 5.80. The lowest BCUT2D eigenvalue weighted by Gasteiger charge is -2.27.